The zero-order chi connectivity index (χ0) is 15.1. The Kier molecular flexibility index (Phi) is 8.32. The van der Waals surface area contributed by atoms with Gasteiger partial charge in [0.2, 0.25) is 0 Å². The minimum absolute atomic E-state index is 0. The smallest absolute Gasteiger partial charge is 0.119 e. The molecule has 0 aliphatic rings. The van der Waals surface area contributed by atoms with Crippen LogP contribution >= 0.6 is 24.0 Å². The van der Waals surface area contributed by atoms with Crippen molar-refractivity contribution in [2.45, 2.75) is 24.8 Å². The quantitative estimate of drug-likeness (QED) is 0.743. The monoisotopic (exact) mass is 339 g/mol. The van der Waals surface area contributed by atoms with Gasteiger partial charge in [0.05, 0.1) is 12.5 Å². The van der Waals surface area contributed by atoms with Crippen LogP contribution in [-0.4, -0.2) is 19.0 Å². The van der Waals surface area contributed by atoms with Crippen molar-refractivity contribution in [2.75, 3.05) is 13.7 Å². The van der Waals surface area contributed by atoms with Crippen molar-refractivity contribution >= 4 is 24.0 Å². The van der Waals surface area contributed by atoms with Crippen molar-refractivity contribution in [2.24, 2.45) is 0 Å². The summed E-state index contributed by atoms with van der Waals surface area (Å²) >= 11 is 6.42. The third-order valence-electron chi connectivity index (χ3n) is 3.54. The summed E-state index contributed by atoms with van der Waals surface area (Å²) in [7, 11) is 1.69. The minimum atomic E-state index is 0. The van der Waals surface area contributed by atoms with E-state index in [1.54, 1.807) is 7.11 Å². The van der Waals surface area contributed by atoms with Gasteiger partial charge in [0.25, 0.3) is 0 Å². The first kappa shape index (κ1) is 18.8. The minimum Gasteiger partial charge on any atom is -0.497 e. The van der Waals surface area contributed by atoms with E-state index in [-0.39, 0.29) is 23.8 Å². The molecule has 2 rings (SSSR count). The van der Waals surface area contributed by atoms with Gasteiger partial charge in [-0.2, -0.15) is 0 Å². The van der Waals surface area contributed by atoms with E-state index in [9.17, 15) is 0 Å². The SMILES string of the molecule is COc1cccc([C@@H](C)NCC(Cl)Cc2ccccc2)c1.Cl. The van der Waals surface area contributed by atoms with Gasteiger partial charge < -0.3 is 10.1 Å². The number of ether oxygens (including phenoxy) is 1. The van der Waals surface area contributed by atoms with Crippen molar-refractivity contribution in [3.05, 3.63) is 65.7 Å². The first-order chi connectivity index (χ1) is 10.2. The van der Waals surface area contributed by atoms with Crippen molar-refractivity contribution in [1.82, 2.24) is 5.32 Å². The molecule has 1 N–H and O–H groups in total. The van der Waals surface area contributed by atoms with E-state index >= 15 is 0 Å². The predicted molar refractivity (Wildman–Crippen MR) is 96.4 cm³/mol. The number of methoxy groups -OCH3 is 1. The van der Waals surface area contributed by atoms with E-state index in [0.717, 1.165) is 18.7 Å². The Morgan fingerprint density at radius 1 is 1.09 bits per heavy atom. The van der Waals surface area contributed by atoms with Gasteiger partial charge in [-0.15, -0.1) is 24.0 Å². The summed E-state index contributed by atoms with van der Waals surface area (Å²) in [6.07, 6.45) is 0.875. The molecule has 0 saturated heterocycles. The van der Waals surface area contributed by atoms with Crippen molar-refractivity contribution in [3.63, 3.8) is 0 Å². The van der Waals surface area contributed by atoms with Crippen molar-refractivity contribution < 1.29 is 4.74 Å². The fraction of sp³-hybridized carbons (Fsp3) is 0.333. The Morgan fingerprint density at radius 3 is 2.50 bits per heavy atom. The first-order valence-corrected chi connectivity index (χ1v) is 7.68. The molecule has 0 spiro atoms. The fourth-order valence-electron chi connectivity index (χ4n) is 2.28. The van der Waals surface area contributed by atoms with Crippen LogP contribution < -0.4 is 10.1 Å². The highest BCUT2D eigenvalue weighted by Crippen LogP contribution is 2.19. The number of alkyl halides is 1. The van der Waals surface area contributed by atoms with Crippen LogP contribution in [0.5, 0.6) is 5.75 Å². The molecular formula is C18H23Cl2NO. The van der Waals surface area contributed by atoms with Gasteiger partial charge in [-0.25, -0.2) is 0 Å². The molecule has 0 aliphatic heterocycles. The van der Waals surface area contributed by atoms with Gasteiger partial charge >= 0.3 is 0 Å². The number of halogens is 2. The second-order valence-corrected chi connectivity index (χ2v) is 5.81. The zero-order valence-electron chi connectivity index (χ0n) is 13.0. The van der Waals surface area contributed by atoms with E-state index in [0.29, 0.717) is 0 Å². The van der Waals surface area contributed by atoms with Gasteiger partial charge in [0.15, 0.2) is 0 Å². The Labute approximate surface area is 144 Å². The highest BCUT2D eigenvalue weighted by molar-refractivity contribution is 6.20. The fourth-order valence-corrected chi connectivity index (χ4v) is 2.54. The van der Waals surface area contributed by atoms with Crippen LogP contribution in [0.3, 0.4) is 0 Å². The summed E-state index contributed by atoms with van der Waals surface area (Å²) in [6, 6.07) is 18.7. The maximum atomic E-state index is 6.42. The lowest BCUT2D eigenvalue weighted by molar-refractivity contribution is 0.413. The van der Waals surface area contributed by atoms with E-state index in [1.165, 1.54) is 11.1 Å². The molecule has 2 aromatic rings. The summed E-state index contributed by atoms with van der Waals surface area (Å²) in [5.74, 6) is 0.882. The number of benzene rings is 2. The molecule has 0 saturated carbocycles. The Morgan fingerprint density at radius 2 is 1.82 bits per heavy atom. The van der Waals surface area contributed by atoms with Crippen LogP contribution in [0.2, 0.25) is 0 Å². The van der Waals surface area contributed by atoms with Crippen LogP contribution in [0, 0.1) is 0 Å². The highest BCUT2D eigenvalue weighted by atomic mass is 35.5. The standard InChI is InChI=1S/C18H22ClNO.ClH/c1-14(16-9-6-10-18(12-16)21-2)20-13-17(19)11-15-7-4-3-5-8-15;/h3-10,12,14,17,20H,11,13H2,1-2H3;1H/t14-,17?;/m1./s1. The molecule has 1 unspecified atom stereocenters. The molecule has 2 atom stereocenters. The molecule has 2 aromatic carbocycles. The summed E-state index contributed by atoms with van der Waals surface area (Å²) in [4.78, 5) is 0. The van der Waals surface area contributed by atoms with E-state index in [2.05, 4.69) is 36.5 Å². The van der Waals surface area contributed by atoms with Crippen LogP contribution in [0.1, 0.15) is 24.1 Å². The van der Waals surface area contributed by atoms with Crippen LogP contribution in [0.25, 0.3) is 0 Å². The summed E-state index contributed by atoms with van der Waals surface area (Å²) in [5.41, 5.74) is 2.48. The number of hydrogen-bond donors (Lipinski definition) is 1. The molecule has 0 aromatic heterocycles. The van der Waals surface area contributed by atoms with Crippen LogP contribution in [0.15, 0.2) is 54.6 Å². The third-order valence-corrected chi connectivity index (χ3v) is 3.85. The molecule has 0 amide bonds. The molecular weight excluding hydrogens is 317 g/mol. The Hall–Kier alpha value is -1.22. The largest absolute Gasteiger partial charge is 0.497 e. The van der Waals surface area contributed by atoms with Crippen LogP contribution in [-0.2, 0) is 6.42 Å². The van der Waals surface area contributed by atoms with Gasteiger partial charge in [0, 0.05) is 12.6 Å². The summed E-state index contributed by atoms with van der Waals surface area (Å²) < 4.78 is 5.26. The zero-order valence-corrected chi connectivity index (χ0v) is 14.5. The second kappa shape index (κ2) is 9.73. The van der Waals surface area contributed by atoms with Gasteiger partial charge in [-0.3, -0.25) is 0 Å². The summed E-state index contributed by atoms with van der Waals surface area (Å²) in [6.45, 7) is 2.91. The van der Waals surface area contributed by atoms with Crippen molar-refractivity contribution in [1.29, 1.82) is 0 Å². The highest BCUT2D eigenvalue weighted by Gasteiger charge is 2.10. The van der Waals surface area contributed by atoms with Gasteiger partial charge in [0.1, 0.15) is 5.75 Å². The normalized spacial score (nSPS) is 13.0. The number of nitrogens with one attached hydrogen (secondary N) is 1. The van der Waals surface area contributed by atoms with E-state index in [4.69, 9.17) is 16.3 Å². The molecule has 0 bridgehead atoms. The molecule has 120 valence electrons. The van der Waals surface area contributed by atoms with E-state index in [1.807, 2.05) is 30.3 Å². The Balaban J connectivity index is 0.00000242. The number of hydrogen-bond acceptors (Lipinski definition) is 2. The lowest BCUT2D eigenvalue weighted by atomic mass is 10.1. The molecule has 0 radical (unpaired) electrons. The molecule has 0 fully saturated rings. The third kappa shape index (κ3) is 5.88. The molecule has 4 heteroatoms. The molecule has 0 aliphatic carbocycles. The molecule has 2 nitrogen and oxygen atoms in total. The maximum absolute atomic E-state index is 6.42. The van der Waals surface area contributed by atoms with E-state index < -0.39 is 0 Å². The second-order valence-electron chi connectivity index (χ2n) is 5.19. The average Bonchev–Trinajstić information content (AvgIpc) is 2.53. The van der Waals surface area contributed by atoms with Gasteiger partial charge in [-0.1, -0.05) is 42.5 Å². The lowest BCUT2D eigenvalue weighted by Crippen LogP contribution is -2.27. The average molecular weight is 340 g/mol. The topological polar surface area (TPSA) is 21.3 Å². The molecule has 0 heterocycles. The van der Waals surface area contributed by atoms with Gasteiger partial charge in [-0.05, 0) is 36.6 Å². The number of rotatable bonds is 7. The Bertz CT molecular complexity index is 548. The first-order valence-electron chi connectivity index (χ1n) is 7.24. The van der Waals surface area contributed by atoms with Crippen LogP contribution in [0.4, 0.5) is 0 Å². The predicted octanol–water partition coefficient (Wildman–Crippen LogP) is 4.62. The maximum Gasteiger partial charge on any atom is 0.119 e. The molecule has 22 heavy (non-hydrogen) atoms. The lowest BCUT2D eigenvalue weighted by Gasteiger charge is -2.17. The summed E-state index contributed by atoms with van der Waals surface area (Å²) in [5, 5.41) is 3.57. The van der Waals surface area contributed by atoms with Crippen molar-refractivity contribution in [3.8, 4) is 5.75 Å².